The fourth-order valence-electron chi connectivity index (χ4n) is 5.42. The molecule has 3 aliphatic carbocycles. The predicted molar refractivity (Wildman–Crippen MR) is 195 cm³/mol. The van der Waals surface area contributed by atoms with E-state index < -0.39 is 22.9 Å². The summed E-state index contributed by atoms with van der Waals surface area (Å²) in [6.07, 6.45) is 6.26. The molecule has 1 saturated heterocycles. The minimum absolute atomic E-state index is 0. The standard InChI is InChI=1S/2C9H17NO2.C8H16N2O2.C8H15NO2.2CH4/c1-6(2)10-8(11)9(12)4-7(3)5-9;1-6(2)10-9(12)8(11)7-4-3-5-7;1-6(2)10-7(11)8(12)3-4-9-5-8;1-6(2)9-7(10)8(11)4-3-5-8;;/h6-7,12H,4-5H2,1-3H3,(H,10,11);6-8,11H,3-5H2,1-2H3,(H,10,12);6,9,12H,3-5H2,1-2H3,(H,10,11);6,11H,3-5H2,1-2H3,(H,9,10);2*1H4. The van der Waals surface area contributed by atoms with Gasteiger partial charge in [-0.2, -0.15) is 0 Å². The molecule has 13 heteroatoms. The van der Waals surface area contributed by atoms with E-state index in [1.54, 1.807) is 0 Å². The maximum Gasteiger partial charge on any atom is 0.253 e. The largest absolute Gasteiger partial charge is 0.383 e. The number of aliphatic hydroxyl groups excluding tert-OH is 1. The minimum Gasteiger partial charge on any atom is -0.383 e. The van der Waals surface area contributed by atoms with Gasteiger partial charge in [0.05, 0.1) is 0 Å². The molecule has 49 heavy (non-hydrogen) atoms. The summed E-state index contributed by atoms with van der Waals surface area (Å²) in [6.45, 7) is 18.2. The summed E-state index contributed by atoms with van der Waals surface area (Å²) in [4.78, 5) is 45.1. The van der Waals surface area contributed by atoms with Gasteiger partial charge in [-0.1, -0.05) is 28.2 Å². The van der Waals surface area contributed by atoms with Crippen LogP contribution in [0.1, 0.15) is 135 Å². The van der Waals surface area contributed by atoms with Crippen LogP contribution >= 0.6 is 0 Å². The molecular weight excluding hydrogens is 630 g/mol. The molecule has 0 bridgehead atoms. The Bertz CT molecular complexity index is 999. The van der Waals surface area contributed by atoms with E-state index in [0.717, 1.165) is 25.7 Å². The Morgan fingerprint density at radius 3 is 1.33 bits per heavy atom. The van der Waals surface area contributed by atoms with Crippen molar-refractivity contribution < 1.29 is 39.6 Å². The summed E-state index contributed by atoms with van der Waals surface area (Å²) in [5.74, 6) is -0.205. The number of amides is 4. The number of carbonyl (C=O) groups is 4. The zero-order chi connectivity index (χ0) is 36.2. The highest BCUT2D eigenvalue weighted by atomic mass is 16.3. The highest BCUT2D eigenvalue weighted by molar-refractivity contribution is 5.87. The summed E-state index contributed by atoms with van der Waals surface area (Å²) in [6, 6.07) is 0.430. The van der Waals surface area contributed by atoms with Gasteiger partial charge in [-0.05, 0) is 125 Å². The lowest BCUT2D eigenvalue weighted by Gasteiger charge is -2.40. The predicted octanol–water partition coefficient (Wildman–Crippen LogP) is 2.28. The van der Waals surface area contributed by atoms with Crippen molar-refractivity contribution in [1.29, 1.82) is 0 Å². The first kappa shape index (κ1) is 48.8. The first-order valence-corrected chi connectivity index (χ1v) is 17.4. The Labute approximate surface area is 296 Å². The van der Waals surface area contributed by atoms with Crippen LogP contribution in [0.25, 0.3) is 0 Å². The van der Waals surface area contributed by atoms with Gasteiger partial charge in [0.1, 0.15) is 17.3 Å². The monoisotopic (exact) mass is 704 g/mol. The molecule has 4 rings (SSSR count). The fraction of sp³-hybridized carbons (Fsp3) is 0.889. The van der Waals surface area contributed by atoms with E-state index in [0.29, 0.717) is 51.1 Å². The topological polar surface area (TPSA) is 209 Å². The van der Waals surface area contributed by atoms with Crippen molar-refractivity contribution in [2.45, 2.75) is 182 Å². The average Bonchev–Trinajstić information content (AvgIpc) is 3.33. The molecule has 4 amide bonds. The van der Waals surface area contributed by atoms with Gasteiger partial charge in [0.2, 0.25) is 5.91 Å². The molecule has 3 saturated carbocycles. The van der Waals surface area contributed by atoms with Gasteiger partial charge in [-0.25, -0.2) is 0 Å². The van der Waals surface area contributed by atoms with E-state index in [-0.39, 0.29) is 68.6 Å². The van der Waals surface area contributed by atoms with Gasteiger partial charge < -0.3 is 47.0 Å². The molecule has 4 aliphatic rings. The smallest absolute Gasteiger partial charge is 0.253 e. The van der Waals surface area contributed by atoms with E-state index in [9.17, 15) is 39.6 Å². The lowest BCUT2D eigenvalue weighted by Crippen LogP contribution is -2.56. The van der Waals surface area contributed by atoms with Crippen LogP contribution in [-0.2, 0) is 19.2 Å². The van der Waals surface area contributed by atoms with E-state index in [1.165, 1.54) is 0 Å². The summed E-state index contributed by atoms with van der Waals surface area (Å²) in [7, 11) is 0. The maximum atomic E-state index is 11.4. The second kappa shape index (κ2) is 21.8. The molecule has 1 heterocycles. The first-order chi connectivity index (χ1) is 21.6. The molecule has 290 valence electrons. The van der Waals surface area contributed by atoms with Gasteiger partial charge in [0.25, 0.3) is 17.7 Å². The summed E-state index contributed by atoms with van der Waals surface area (Å²) >= 11 is 0. The molecule has 0 aromatic rings. The van der Waals surface area contributed by atoms with E-state index >= 15 is 0 Å². The molecule has 13 nitrogen and oxygen atoms in total. The van der Waals surface area contributed by atoms with Crippen LogP contribution in [0.2, 0.25) is 0 Å². The van der Waals surface area contributed by atoms with Crippen molar-refractivity contribution in [3.63, 3.8) is 0 Å². The molecule has 2 atom stereocenters. The van der Waals surface area contributed by atoms with E-state index in [2.05, 4.69) is 26.6 Å². The third kappa shape index (κ3) is 16.5. The minimum atomic E-state index is -1.18. The molecule has 1 aliphatic heterocycles. The van der Waals surface area contributed by atoms with Gasteiger partial charge in [-0.3, -0.25) is 19.2 Å². The zero-order valence-corrected chi connectivity index (χ0v) is 30.2. The van der Waals surface area contributed by atoms with Gasteiger partial charge in [-0.15, -0.1) is 0 Å². The van der Waals surface area contributed by atoms with Crippen LogP contribution in [0.5, 0.6) is 0 Å². The van der Waals surface area contributed by atoms with E-state index in [4.69, 9.17) is 0 Å². The van der Waals surface area contributed by atoms with Crippen LogP contribution in [0.4, 0.5) is 0 Å². The van der Waals surface area contributed by atoms with Crippen LogP contribution in [0.15, 0.2) is 0 Å². The van der Waals surface area contributed by atoms with Gasteiger partial charge in [0.15, 0.2) is 5.60 Å². The lowest BCUT2D eigenvalue weighted by atomic mass is 9.71. The number of aliphatic hydroxyl groups is 4. The Hall–Kier alpha value is -2.32. The third-order valence-electron chi connectivity index (χ3n) is 8.51. The zero-order valence-electron chi connectivity index (χ0n) is 30.2. The van der Waals surface area contributed by atoms with Crippen LogP contribution in [-0.4, -0.2) is 104 Å². The Morgan fingerprint density at radius 1 is 0.633 bits per heavy atom. The van der Waals surface area contributed by atoms with Gasteiger partial charge >= 0.3 is 0 Å². The molecule has 0 aromatic carbocycles. The number of β-amino-alcohol motifs (C(OH)–C–C–N with tert-alkyl or cyclic N) is 1. The van der Waals surface area contributed by atoms with Crippen molar-refractivity contribution in [2.24, 2.45) is 11.8 Å². The highest BCUT2D eigenvalue weighted by Crippen LogP contribution is 2.37. The Morgan fingerprint density at radius 2 is 1.04 bits per heavy atom. The SMILES string of the molecule is C.C.CC(C)NC(=O)C(O)C1CCC1.CC(C)NC(=O)C1(O)CCC1.CC(C)NC(=O)C1(O)CCNC1.CC1CC(O)(C(=O)NC(C)C)C1. The molecule has 0 radical (unpaired) electrons. The second-order valence-corrected chi connectivity index (χ2v) is 15.1. The summed E-state index contributed by atoms with van der Waals surface area (Å²) in [5, 5.41) is 52.2. The molecule has 9 N–H and O–H groups in total. The molecule has 4 fully saturated rings. The molecule has 0 aromatic heterocycles. The molecule has 2 unspecified atom stereocenters. The first-order valence-electron chi connectivity index (χ1n) is 17.4. The Balaban J connectivity index is 0. The van der Waals surface area contributed by atoms with E-state index in [1.807, 2.05) is 62.3 Å². The molecule has 0 spiro atoms. The molecular formula is C36H73N5O8. The van der Waals surface area contributed by atoms with Crippen molar-refractivity contribution in [2.75, 3.05) is 13.1 Å². The highest BCUT2D eigenvalue weighted by Gasteiger charge is 2.46. The third-order valence-corrected chi connectivity index (χ3v) is 8.51. The number of hydrogen-bond acceptors (Lipinski definition) is 9. The van der Waals surface area contributed by atoms with Crippen LogP contribution in [0, 0.1) is 11.8 Å². The normalized spacial score (nSPS) is 25.4. The number of nitrogens with one attached hydrogen (secondary N) is 5. The van der Waals surface area contributed by atoms with Gasteiger partial charge in [0, 0.05) is 30.7 Å². The Kier molecular flexibility index (Phi) is 21.7. The summed E-state index contributed by atoms with van der Waals surface area (Å²) < 4.78 is 0. The second-order valence-electron chi connectivity index (χ2n) is 15.1. The lowest BCUT2D eigenvalue weighted by molar-refractivity contribution is -0.154. The fourth-order valence-corrected chi connectivity index (χ4v) is 5.42. The quantitative estimate of drug-likeness (QED) is 0.172. The number of carbonyl (C=O) groups excluding carboxylic acids is 4. The summed E-state index contributed by atoms with van der Waals surface area (Å²) in [5.41, 5.74) is -3.28. The van der Waals surface area contributed by atoms with Crippen LogP contribution in [0.3, 0.4) is 0 Å². The maximum absolute atomic E-state index is 11.4. The van der Waals surface area contributed by atoms with Crippen molar-refractivity contribution >= 4 is 23.6 Å². The van der Waals surface area contributed by atoms with Crippen LogP contribution < -0.4 is 26.6 Å². The number of rotatable bonds is 9. The van der Waals surface area contributed by atoms with Crippen molar-refractivity contribution in [3.05, 3.63) is 0 Å². The van der Waals surface area contributed by atoms with Crippen molar-refractivity contribution in [1.82, 2.24) is 26.6 Å². The number of hydrogen-bond donors (Lipinski definition) is 9. The average molecular weight is 704 g/mol. The van der Waals surface area contributed by atoms with Crippen molar-refractivity contribution in [3.8, 4) is 0 Å².